The molecule has 0 saturated heterocycles. The molecule has 100 valence electrons. The molecule has 0 bridgehead atoms. The van der Waals surface area contributed by atoms with E-state index >= 15 is 0 Å². The smallest absolute Gasteiger partial charge is 0.141 e. The van der Waals surface area contributed by atoms with Gasteiger partial charge in [0, 0.05) is 23.9 Å². The van der Waals surface area contributed by atoms with E-state index in [1.807, 2.05) is 7.05 Å². The zero-order valence-electron chi connectivity index (χ0n) is 11.0. The molecule has 1 aliphatic carbocycles. The van der Waals surface area contributed by atoms with Gasteiger partial charge in [-0.2, -0.15) is 0 Å². The largest absolute Gasteiger partial charge is 0.490 e. The number of rotatable bonds is 4. The van der Waals surface area contributed by atoms with Crippen molar-refractivity contribution in [2.24, 2.45) is 5.41 Å². The van der Waals surface area contributed by atoms with Crippen molar-refractivity contribution in [2.75, 3.05) is 7.05 Å². The topological polar surface area (TPSA) is 21.3 Å². The Hall–Kier alpha value is -0.610. The van der Waals surface area contributed by atoms with Gasteiger partial charge in [0.1, 0.15) is 17.7 Å². The maximum atomic E-state index is 13.4. The van der Waals surface area contributed by atoms with Crippen LogP contribution in [0.15, 0.2) is 22.7 Å². The maximum absolute atomic E-state index is 13.4. The van der Waals surface area contributed by atoms with E-state index in [-0.39, 0.29) is 17.3 Å². The molecule has 3 atom stereocenters. The summed E-state index contributed by atoms with van der Waals surface area (Å²) < 4.78 is 19.8. The normalized spacial score (nSPS) is 30.9. The number of halogens is 2. The third kappa shape index (κ3) is 2.28. The van der Waals surface area contributed by atoms with Gasteiger partial charge in [-0.3, -0.25) is 0 Å². The van der Waals surface area contributed by atoms with Crippen molar-refractivity contribution >= 4 is 15.9 Å². The molecule has 1 fully saturated rings. The molecule has 0 spiro atoms. The predicted molar refractivity (Wildman–Crippen MR) is 74.4 cm³/mol. The molecule has 1 aromatic rings. The van der Waals surface area contributed by atoms with Crippen molar-refractivity contribution in [3.05, 3.63) is 28.5 Å². The summed E-state index contributed by atoms with van der Waals surface area (Å²) >= 11 is 3.14. The Morgan fingerprint density at radius 2 is 2.28 bits per heavy atom. The molecule has 1 aromatic carbocycles. The highest BCUT2D eigenvalue weighted by molar-refractivity contribution is 9.10. The van der Waals surface area contributed by atoms with Crippen molar-refractivity contribution in [3.63, 3.8) is 0 Å². The van der Waals surface area contributed by atoms with Gasteiger partial charge in [0.05, 0.1) is 4.47 Å². The number of hydrogen-bond donors (Lipinski definition) is 1. The summed E-state index contributed by atoms with van der Waals surface area (Å²) in [5.41, 5.74) is 0.123. The van der Waals surface area contributed by atoms with Crippen LogP contribution in [0.4, 0.5) is 4.39 Å². The second-order valence-electron chi connectivity index (χ2n) is 5.12. The number of benzene rings is 1. The third-order valence-corrected chi connectivity index (χ3v) is 4.90. The first kappa shape index (κ1) is 13.8. The summed E-state index contributed by atoms with van der Waals surface area (Å²) in [4.78, 5) is 0. The van der Waals surface area contributed by atoms with E-state index < -0.39 is 0 Å². The third-order valence-electron chi connectivity index (χ3n) is 4.26. The average Bonchev–Trinajstić information content (AvgIpc) is 2.37. The van der Waals surface area contributed by atoms with Gasteiger partial charge in [-0.25, -0.2) is 4.39 Å². The molecule has 2 rings (SSSR count). The van der Waals surface area contributed by atoms with Crippen LogP contribution in [0.2, 0.25) is 0 Å². The van der Waals surface area contributed by atoms with E-state index in [1.165, 1.54) is 6.07 Å². The van der Waals surface area contributed by atoms with Gasteiger partial charge >= 0.3 is 0 Å². The summed E-state index contributed by atoms with van der Waals surface area (Å²) in [5.74, 6) is 0.324. The predicted octanol–water partition coefficient (Wildman–Crippen LogP) is 3.74. The van der Waals surface area contributed by atoms with E-state index in [1.54, 1.807) is 12.1 Å². The van der Waals surface area contributed by atoms with E-state index in [0.29, 0.717) is 16.3 Å². The Labute approximate surface area is 116 Å². The van der Waals surface area contributed by atoms with Crippen LogP contribution < -0.4 is 10.1 Å². The van der Waals surface area contributed by atoms with Gasteiger partial charge in [0.2, 0.25) is 0 Å². The Balaban J connectivity index is 2.08. The van der Waals surface area contributed by atoms with Gasteiger partial charge in [0.25, 0.3) is 0 Å². The van der Waals surface area contributed by atoms with E-state index in [4.69, 9.17) is 4.74 Å². The van der Waals surface area contributed by atoms with E-state index in [2.05, 4.69) is 35.1 Å². The lowest BCUT2D eigenvalue weighted by molar-refractivity contribution is -0.0678. The summed E-state index contributed by atoms with van der Waals surface area (Å²) in [5, 5.41) is 3.32. The van der Waals surface area contributed by atoms with Gasteiger partial charge in [0.15, 0.2) is 0 Å². The average molecular weight is 316 g/mol. The van der Waals surface area contributed by atoms with Crippen LogP contribution in [0.3, 0.4) is 0 Å². The van der Waals surface area contributed by atoms with E-state index in [0.717, 1.165) is 12.8 Å². The van der Waals surface area contributed by atoms with Crippen LogP contribution in [-0.2, 0) is 0 Å². The highest BCUT2D eigenvalue weighted by Gasteiger charge is 2.51. The van der Waals surface area contributed by atoms with Crippen LogP contribution in [0.1, 0.15) is 26.7 Å². The summed E-state index contributed by atoms with van der Waals surface area (Å²) in [6.45, 7) is 4.39. The fourth-order valence-corrected chi connectivity index (χ4v) is 2.88. The summed E-state index contributed by atoms with van der Waals surface area (Å²) in [7, 11) is 1.98. The van der Waals surface area contributed by atoms with Crippen LogP contribution in [-0.4, -0.2) is 19.2 Å². The molecule has 0 aliphatic heterocycles. The summed E-state index contributed by atoms with van der Waals surface area (Å²) in [6.07, 6.45) is 2.17. The summed E-state index contributed by atoms with van der Waals surface area (Å²) in [6, 6.07) is 5.40. The molecule has 0 aromatic heterocycles. The highest BCUT2D eigenvalue weighted by atomic mass is 79.9. The Morgan fingerprint density at radius 1 is 1.56 bits per heavy atom. The second kappa shape index (κ2) is 5.17. The molecule has 0 amide bonds. The molecule has 1 N–H and O–H groups in total. The van der Waals surface area contributed by atoms with Crippen LogP contribution >= 0.6 is 15.9 Å². The number of hydrogen-bond acceptors (Lipinski definition) is 2. The van der Waals surface area contributed by atoms with Crippen molar-refractivity contribution in [3.8, 4) is 5.75 Å². The highest BCUT2D eigenvalue weighted by Crippen LogP contribution is 2.46. The number of nitrogens with one attached hydrogen (secondary N) is 1. The minimum absolute atomic E-state index is 0.123. The molecular weight excluding hydrogens is 297 g/mol. The first-order valence-electron chi connectivity index (χ1n) is 6.30. The Kier molecular flexibility index (Phi) is 3.97. The first-order valence-corrected chi connectivity index (χ1v) is 7.09. The standard InChI is InChI=1S/C14H19BrFNO/c1-4-14(2)12(17-3)8-13(14)18-9-5-6-10(15)11(16)7-9/h5-7,12-13,17H,4,8H2,1-3H3. The van der Waals surface area contributed by atoms with Gasteiger partial charge in [-0.1, -0.05) is 13.8 Å². The van der Waals surface area contributed by atoms with E-state index in [9.17, 15) is 4.39 Å². The molecule has 4 heteroatoms. The lowest BCUT2D eigenvalue weighted by Gasteiger charge is -2.53. The SMILES string of the molecule is CCC1(C)C(NC)CC1Oc1ccc(Br)c(F)c1. The van der Waals surface area contributed by atoms with Gasteiger partial charge in [-0.15, -0.1) is 0 Å². The maximum Gasteiger partial charge on any atom is 0.141 e. The second-order valence-corrected chi connectivity index (χ2v) is 5.97. The number of ether oxygens (including phenoxy) is 1. The fourth-order valence-electron chi connectivity index (χ4n) is 2.64. The van der Waals surface area contributed by atoms with Crippen LogP contribution in [0.25, 0.3) is 0 Å². The fraction of sp³-hybridized carbons (Fsp3) is 0.571. The zero-order chi connectivity index (χ0) is 13.3. The lowest BCUT2D eigenvalue weighted by Crippen LogP contribution is -2.62. The van der Waals surface area contributed by atoms with Crippen molar-refractivity contribution in [1.29, 1.82) is 0 Å². The lowest BCUT2D eigenvalue weighted by atomic mass is 9.61. The Morgan fingerprint density at radius 3 is 2.83 bits per heavy atom. The van der Waals surface area contributed by atoms with Crippen molar-refractivity contribution in [2.45, 2.75) is 38.8 Å². The molecule has 1 aliphatic rings. The van der Waals surface area contributed by atoms with Crippen LogP contribution in [0, 0.1) is 11.2 Å². The van der Waals surface area contributed by atoms with Crippen LogP contribution in [0.5, 0.6) is 5.75 Å². The molecule has 2 nitrogen and oxygen atoms in total. The molecule has 0 heterocycles. The quantitative estimate of drug-likeness (QED) is 0.913. The monoisotopic (exact) mass is 315 g/mol. The zero-order valence-corrected chi connectivity index (χ0v) is 12.6. The van der Waals surface area contributed by atoms with Crippen molar-refractivity contribution < 1.29 is 9.13 Å². The Bertz CT molecular complexity index is 440. The van der Waals surface area contributed by atoms with Crippen molar-refractivity contribution in [1.82, 2.24) is 5.32 Å². The first-order chi connectivity index (χ1) is 8.51. The molecule has 0 radical (unpaired) electrons. The minimum Gasteiger partial charge on any atom is -0.490 e. The van der Waals surface area contributed by atoms with Gasteiger partial charge < -0.3 is 10.1 Å². The molecular formula is C14H19BrFNO. The minimum atomic E-state index is -0.282. The molecule has 18 heavy (non-hydrogen) atoms. The molecule has 1 saturated carbocycles. The molecule has 3 unspecified atom stereocenters. The van der Waals surface area contributed by atoms with Gasteiger partial charge in [-0.05, 0) is 41.5 Å².